The molecule has 0 radical (unpaired) electrons. The van der Waals surface area contributed by atoms with Crippen molar-refractivity contribution >= 4 is 24.7 Å². The molecule has 0 N–H and O–H groups in total. The number of rotatable bonds is 8. The first-order valence-electron chi connectivity index (χ1n) is 5.69. The Kier molecular flexibility index (Phi) is 6.88. The molecule has 0 aliphatic carbocycles. The van der Waals surface area contributed by atoms with Gasteiger partial charge in [-0.3, -0.25) is 0 Å². The van der Waals surface area contributed by atoms with Crippen LogP contribution in [-0.2, 0) is 13.3 Å². The van der Waals surface area contributed by atoms with Gasteiger partial charge in [0.1, 0.15) is 5.75 Å². The van der Waals surface area contributed by atoms with Gasteiger partial charge in [0.2, 0.25) is 0 Å². The van der Waals surface area contributed by atoms with E-state index in [0.717, 1.165) is 22.7 Å². The Bertz CT molecular complexity index is 349. The largest absolute Gasteiger partial charge is 0.500 e. The SMILES string of the molecule is CO[Si](CCCOc1cccc(Br)c1)(OC)OC. The molecule has 102 valence electrons. The van der Waals surface area contributed by atoms with E-state index in [1.807, 2.05) is 24.3 Å². The summed E-state index contributed by atoms with van der Waals surface area (Å²) in [7, 11) is 2.40. The standard InChI is InChI=1S/C12H19BrO4Si/c1-14-18(15-2,16-3)9-5-8-17-12-7-4-6-11(13)10-12/h4,6-7,10H,5,8-9H2,1-3H3. The smallest absolute Gasteiger partial charge is 0.494 e. The first-order chi connectivity index (χ1) is 8.65. The lowest BCUT2D eigenvalue weighted by Gasteiger charge is -2.24. The van der Waals surface area contributed by atoms with Crippen LogP contribution in [0.1, 0.15) is 6.42 Å². The highest BCUT2D eigenvalue weighted by Crippen LogP contribution is 2.19. The van der Waals surface area contributed by atoms with E-state index in [2.05, 4.69) is 15.9 Å². The minimum absolute atomic E-state index is 0.612. The molecule has 0 aromatic heterocycles. The summed E-state index contributed by atoms with van der Waals surface area (Å²) in [5.41, 5.74) is 0. The molecule has 4 nitrogen and oxygen atoms in total. The molecule has 0 bridgehead atoms. The second-order valence-electron chi connectivity index (χ2n) is 3.70. The molecule has 0 amide bonds. The molecule has 1 aromatic carbocycles. The Hall–Kier alpha value is -0.403. The van der Waals surface area contributed by atoms with Gasteiger partial charge in [-0.1, -0.05) is 22.0 Å². The average molecular weight is 335 g/mol. The number of halogens is 1. The summed E-state index contributed by atoms with van der Waals surface area (Å²) in [4.78, 5) is 0. The molecular weight excluding hydrogens is 316 g/mol. The molecule has 6 heteroatoms. The zero-order valence-corrected chi connectivity index (χ0v) is 13.5. The van der Waals surface area contributed by atoms with Crippen LogP contribution in [0.25, 0.3) is 0 Å². The highest BCUT2D eigenvalue weighted by Gasteiger charge is 2.36. The van der Waals surface area contributed by atoms with Crippen LogP contribution in [0.5, 0.6) is 5.75 Å². The summed E-state index contributed by atoms with van der Waals surface area (Å²) in [5, 5.41) is 0. The van der Waals surface area contributed by atoms with Gasteiger partial charge in [-0.2, -0.15) is 0 Å². The molecule has 0 saturated carbocycles. The number of ether oxygens (including phenoxy) is 1. The zero-order chi connectivity index (χ0) is 13.4. The molecule has 0 unspecified atom stereocenters. The van der Waals surface area contributed by atoms with Gasteiger partial charge in [0, 0.05) is 31.8 Å². The molecule has 0 spiro atoms. The number of hydrogen-bond acceptors (Lipinski definition) is 4. The molecule has 0 atom stereocenters. The maximum atomic E-state index is 5.64. The summed E-state index contributed by atoms with van der Waals surface area (Å²) < 4.78 is 22.7. The van der Waals surface area contributed by atoms with Crippen molar-refractivity contribution in [1.82, 2.24) is 0 Å². The van der Waals surface area contributed by atoms with Crippen molar-refractivity contribution in [2.24, 2.45) is 0 Å². The molecule has 1 aromatic rings. The van der Waals surface area contributed by atoms with Crippen LogP contribution in [-0.4, -0.2) is 36.7 Å². The molecule has 0 heterocycles. The van der Waals surface area contributed by atoms with Crippen LogP contribution in [0.2, 0.25) is 6.04 Å². The van der Waals surface area contributed by atoms with Crippen LogP contribution < -0.4 is 4.74 Å². The van der Waals surface area contributed by atoms with Crippen molar-refractivity contribution in [1.29, 1.82) is 0 Å². The molecule has 18 heavy (non-hydrogen) atoms. The molecular formula is C12H19BrO4Si. The Morgan fingerprint density at radius 3 is 2.33 bits per heavy atom. The fraction of sp³-hybridized carbons (Fsp3) is 0.500. The summed E-state index contributed by atoms with van der Waals surface area (Å²) in [6.07, 6.45) is 0.828. The number of benzene rings is 1. The highest BCUT2D eigenvalue weighted by atomic mass is 79.9. The third-order valence-electron chi connectivity index (χ3n) is 2.63. The van der Waals surface area contributed by atoms with Crippen LogP contribution in [0, 0.1) is 0 Å². The molecule has 0 aliphatic heterocycles. The molecule has 0 aliphatic rings. The van der Waals surface area contributed by atoms with Crippen molar-refractivity contribution in [2.75, 3.05) is 27.9 Å². The molecule has 0 fully saturated rings. The van der Waals surface area contributed by atoms with Gasteiger partial charge < -0.3 is 18.0 Å². The highest BCUT2D eigenvalue weighted by molar-refractivity contribution is 9.10. The van der Waals surface area contributed by atoms with E-state index in [9.17, 15) is 0 Å². The van der Waals surface area contributed by atoms with Gasteiger partial charge in [0.25, 0.3) is 0 Å². The van der Waals surface area contributed by atoms with Crippen LogP contribution >= 0.6 is 15.9 Å². The molecule has 1 rings (SSSR count). The molecule has 0 saturated heterocycles. The lowest BCUT2D eigenvalue weighted by Crippen LogP contribution is -2.42. The van der Waals surface area contributed by atoms with Crippen LogP contribution in [0.4, 0.5) is 0 Å². The van der Waals surface area contributed by atoms with Crippen molar-refractivity contribution in [3.63, 3.8) is 0 Å². The Labute approximate surface area is 118 Å². The summed E-state index contributed by atoms with van der Waals surface area (Å²) in [6, 6.07) is 8.51. The van der Waals surface area contributed by atoms with E-state index in [1.54, 1.807) is 21.3 Å². The predicted octanol–water partition coefficient (Wildman–Crippen LogP) is 3.10. The first kappa shape index (κ1) is 15.7. The maximum absolute atomic E-state index is 5.64. The second kappa shape index (κ2) is 7.91. The topological polar surface area (TPSA) is 36.9 Å². The number of hydrogen-bond donors (Lipinski definition) is 0. The van der Waals surface area contributed by atoms with Crippen molar-refractivity contribution < 1.29 is 18.0 Å². The van der Waals surface area contributed by atoms with E-state index in [1.165, 1.54) is 0 Å². The lowest BCUT2D eigenvalue weighted by molar-refractivity contribution is 0.121. The predicted molar refractivity (Wildman–Crippen MR) is 75.8 cm³/mol. The van der Waals surface area contributed by atoms with Gasteiger partial charge in [-0.25, -0.2) is 0 Å². The lowest BCUT2D eigenvalue weighted by atomic mass is 10.3. The Morgan fingerprint density at radius 2 is 1.78 bits per heavy atom. The van der Waals surface area contributed by atoms with Gasteiger partial charge >= 0.3 is 8.80 Å². The van der Waals surface area contributed by atoms with E-state index in [-0.39, 0.29) is 0 Å². The van der Waals surface area contributed by atoms with Gasteiger partial charge in [0.05, 0.1) is 6.61 Å². The van der Waals surface area contributed by atoms with E-state index < -0.39 is 8.80 Å². The van der Waals surface area contributed by atoms with E-state index >= 15 is 0 Å². The summed E-state index contributed by atoms with van der Waals surface area (Å²) in [5.74, 6) is 0.851. The normalized spacial score (nSPS) is 11.6. The summed E-state index contributed by atoms with van der Waals surface area (Å²) >= 11 is 3.40. The average Bonchev–Trinajstić information content (AvgIpc) is 2.40. The quantitative estimate of drug-likeness (QED) is 0.540. The third kappa shape index (κ3) is 4.70. The summed E-state index contributed by atoms with van der Waals surface area (Å²) in [6.45, 7) is 0.612. The third-order valence-corrected chi connectivity index (χ3v) is 5.95. The Balaban J connectivity index is 2.34. The van der Waals surface area contributed by atoms with Crippen LogP contribution in [0.15, 0.2) is 28.7 Å². The minimum atomic E-state index is -2.46. The first-order valence-corrected chi connectivity index (χ1v) is 8.42. The fourth-order valence-electron chi connectivity index (χ4n) is 1.59. The van der Waals surface area contributed by atoms with Crippen LogP contribution in [0.3, 0.4) is 0 Å². The van der Waals surface area contributed by atoms with Crippen molar-refractivity contribution in [3.8, 4) is 5.75 Å². The zero-order valence-electron chi connectivity index (χ0n) is 10.9. The van der Waals surface area contributed by atoms with E-state index in [0.29, 0.717) is 6.61 Å². The van der Waals surface area contributed by atoms with Gasteiger partial charge in [-0.05, 0) is 24.6 Å². The van der Waals surface area contributed by atoms with Gasteiger partial charge in [0.15, 0.2) is 0 Å². The second-order valence-corrected chi connectivity index (χ2v) is 7.71. The van der Waals surface area contributed by atoms with Crippen molar-refractivity contribution in [2.45, 2.75) is 12.5 Å². The Morgan fingerprint density at radius 1 is 1.11 bits per heavy atom. The fourth-order valence-corrected chi connectivity index (χ4v) is 3.66. The monoisotopic (exact) mass is 334 g/mol. The van der Waals surface area contributed by atoms with E-state index in [4.69, 9.17) is 18.0 Å². The van der Waals surface area contributed by atoms with Gasteiger partial charge in [-0.15, -0.1) is 0 Å². The minimum Gasteiger partial charge on any atom is -0.494 e. The maximum Gasteiger partial charge on any atom is 0.500 e. The van der Waals surface area contributed by atoms with Crippen molar-refractivity contribution in [3.05, 3.63) is 28.7 Å².